The smallest absolute Gasteiger partial charge is 0.251 e. The highest BCUT2D eigenvalue weighted by atomic mass is 127. The monoisotopic (exact) mass is 349 g/mol. The van der Waals surface area contributed by atoms with Gasteiger partial charge in [0.2, 0.25) is 0 Å². The lowest BCUT2D eigenvalue weighted by molar-refractivity contribution is 0.0953. The van der Waals surface area contributed by atoms with Gasteiger partial charge in [0.05, 0.1) is 0 Å². The lowest BCUT2D eigenvalue weighted by Gasteiger charge is -2.06. The highest BCUT2D eigenvalue weighted by molar-refractivity contribution is 14.1. The van der Waals surface area contributed by atoms with Gasteiger partial charge in [0.1, 0.15) is 5.82 Å². The van der Waals surface area contributed by atoms with Crippen molar-refractivity contribution in [3.05, 3.63) is 35.1 Å². The second kappa shape index (κ2) is 7.63. The number of carbonyl (C=O) groups is 1. The molecule has 0 aromatic heterocycles. The van der Waals surface area contributed by atoms with E-state index >= 15 is 0 Å². The van der Waals surface area contributed by atoms with E-state index < -0.39 is 0 Å². The maximum Gasteiger partial charge on any atom is 0.251 e. The zero-order valence-corrected chi connectivity index (χ0v) is 12.1. The Labute approximate surface area is 115 Å². The summed E-state index contributed by atoms with van der Waals surface area (Å²) in [5.41, 5.74) is 1.03. The van der Waals surface area contributed by atoms with Crippen molar-refractivity contribution >= 4 is 28.5 Å². The third-order valence-electron chi connectivity index (χ3n) is 2.52. The summed E-state index contributed by atoms with van der Waals surface area (Å²) in [6.45, 7) is 2.35. The first kappa shape index (κ1) is 14.4. The Morgan fingerprint density at radius 3 is 2.76 bits per heavy atom. The quantitative estimate of drug-likeness (QED) is 0.476. The Morgan fingerprint density at radius 2 is 2.12 bits per heavy atom. The number of unbranched alkanes of at least 4 members (excludes halogenated alkanes) is 2. The van der Waals surface area contributed by atoms with Gasteiger partial charge in [0.25, 0.3) is 5.91 Å². The fourth-order valence-corrected chi connectivity index (χ4v) is 2.03. The summed E-state index contributed by atoms with van der Waals surface area (Å²) in [4.78, 5) is 11.7. The number of aryl methyl sites for hydroxylation is 1. The molecule has 1 N–H and O–H groups in total. The summed E-state index contributed by atoms with van der Waals surface area (Å²) in [7, 11) is 0. The van der Waals surface area contributed by atoms with Crippen molar-refractivity contribution in [1.82, 2.24) is 5.32 Å². The van der Waals surface area contributed by atoms with E-state index in [1.54, 1.807) is 13.0 Å². The molecule has 0 saturated carbocycles. The highest BCUT2D eigenvalue weighted by Gasteiger charge is 2.06. The van der Waals surface area contributed by atoms with E-state index in [1.165, 1.54) is 18.6 Å². The van der Waals surface area contributed by atoms with Crippen LogP contribution in [-0.4, -0.2) is 16.9 Å². The van der Waals surface area contributed by atoms with Crippen molar-refractivity contribution in [3.63, 3.8) is 0 Å². The van der Waals surface area contributed by atoms with Gasteiger partial charge in [0.15, 0.2) is 0 Å². The van der Waals surface area contributed by atoms with E-state index in [0.717, 1.165) is 17.3 Å². The van der Waals surface area contributed by atoms with Gasteiger partial charge in [-0.3, -0.25) is 4.79 Å². The van der Waals surface area contributed by atoms with Crippen LogP contribution in [0.2, 0.25) is 0 Å². The zero-order chi connectivity index (χ0) is 12.7. The van der Waals surface area contributed by atoms with Gasteiger partial charge in [-0.1, -0.05) is 29.0 Å². The molecule has 2 nitrogen and oxygen atoms in total. The highest BCUT2D eigenvalue weighted by Crippen LogP contribution is 2.09. The molecule has 0 radical (unpaired) electrons. The van der Waals surface area contributed by atoms with Crippen molar-refractivity contribution in [2.45, 2.75) is 26.2 Å². The summed E-state index contributed by atoms with van der Waals surface area (Å²) in [6.07, 6.45) is 3.31. The van der Waals surface area contributed by atoms with E-state index in [9.17, 15) is 9.18 Å². The minimum Gasteiger partial charge on any atom is -0.352 e. The van der Waals surface area contributed by atoms with Crippen LogP contribution in [-0.2, 0) is 0 Å². The molecule has 0 unspecified atom stereocenters. The minimum absolute atomic E-state index is 0.123. The molecule has 0 heterocycles. The van der Waals surface area contributed by atoms with Gasteiger partial charge in [-0.15, -0.1) is 0 Å². The fraction of sp³-hybridized carbons (Fsp3) is 0.462. The normalized spacial score (nSPS) is 10.3. The van der Waals surface area contributed by atoms with Crippen LogP contribution in [0.15, 0.2) is 18.2 Å². The number of halogens is 2. The summed E-state index contributed by atoms with van der Waals surface area (Å²) in [5, 5.41) is 2.84. The zero-order valence-electron chi connectivity index (χ0n) is 9.93. The number of benzene rings is 1. The van der Waals surface area contributed by atoms with E-state index in [1.807, 2.05) is 0 Å². The van der Waals surface area contributed by atoms with E-state index in [0.29, 0.717) is 17.7 Å². The first-order valence-electron chi connectivity index (χ1n) is 5.75. The van der Waals surface area contributed by atoms with Crippen LogP contribution in [0.3, 0.4) is 0 Å². The average molecular weight is 349 g/mol. The standard InChI is InChI=1S/C13H17FINO/c1-10-9-11(5-6-12(10)14)13(17)16-8-4-2-3-7-15/h5-6,9H,2-4,7-8H2,1H3,(H,16,17). The molecule has 94 valence electrons. The molecular formula is C13H17FINO. The molecule has 0 fully saturated rings. The molecule has 0 spiro atoms. The Morgan fingerprint density at radius 1 is 1.35 bits per heavy atom. The lowest BCUT2D eigenvalue weighted by Crippen LogP contribution is -2.24. The third-order valence-corrected chi connectivity index (χ3v) is 3.28. The van der Waals surface area contributed by atoms with Crippen molar-refractivity contribution in [3.8, 4) is 0 Å². The molecule has 1 rings (SSSR count). The van der Waals surface area contributed by atoms with Crippen molar-refractivity contribution in [2.24, 2.45) is 0 Å². The number of amides is 1. The Bertz CT molecular complexity index is 382. The number of hydrogen-bond acceptors (Lipinski definition) is 1. The maximum absolute atomic E-state index is 13.0. The molecule has 0 bridgehead atoms. The molecule has 0 aliphatic carbocycles. The molecule has 0 saturated heterocycles. The Hall–Kier alpha value is -0.650. The van der Waals surface area contributed by atoms with Crippen LogP contribution in [0.5, 0.6) is 0 Å². The number of hydrogen-bond donors (Lipinski definition) is 1. The van der Waals surface area contributed by atoms with Gasteiger partial charge < -0.3 is 5.32 Å². The van der Waals surface area contributed by atoms with Crippen LogP contribution in [0.1, 0.15) is 35.2 Å². The Kier molecular flexibility index (Phi) is 6.47. The molecule has 1 aromatic rings. The third kappa shape index (κ3) is 5.02. The fourth-order valence-electron chi connectivity index (χ4n) is 1.49. The molecule has 17 heavy (non-hydrogen) atoms. The summed E-state index contributed by atoms with van der Waals surface area (Å²) in [5.74, 6) is -0.397. The SMILES string of the molecule is Cc1cc(C(=O)NCCCCCI)ccc1F. The molecular weight excluding hydrogens is 332 g/mol. The van der Waals surface area contributed by atoms with Crippen molar-refractivity contribution < 1.29 is 9.18 Å². The van der Waals surface area contributed by atoms with Crippen LogP contribution in [0.25, 0.3) is 0 Å². The Balaban J connectivity index is 2.39. The summed E-state index contributed by atoms with van der Waals surface area (Å²) < 4.78 is 14.2. The van der Waals surface area contributed by atoms with Crippen LogP contribution in [0, 0.1) is 12.7 Å². The number of alkyl halides is 1. The van der Waals surface area contributed by atoms with E-state index in [-0.39, 0.29) is 11.7 Å². The van der Waals surface area contributed by atoms with Crippen LogP contribution < -0.4 is 5.32 Å². The maximum atomic E-state index is 13.0. The van der Waals surface area contributed by atoms with E-state index in [2.05, 4.69) is 27.9 Å². The van der Waals surface area contributed by atoms with Gasteiger partial charge in [-0.2, -0.15) is 0 Å². The molecule has 0 atom stereocenters. The largest absolute Gasteiger partial charge is 0.352 e. The first-order chi connectivity index (χ1) is 8.15. The number of carbonyl (C=O) groups excluding carboxylic acids is 1. The molecule has 4 heteroatoms. The average Bonchev–Trinajstić information content (AvgIpc) is 2.32. The van der Waals surface area contributed by atoms with Crippen LogP contribution >= 0.6 is 22.6 Å². The van der Waals surface area contributed by atoms with Gasteiger partial charge in [-0.25, -0.2) is 4.39 Å². The molecule has 0 aliphatic rings. The predicted octanol–water partition coefficient (Wildman–Crippen LogP) is 3.47. The first-order valence-corrected chi connectivity index (χ1v) is 7.28. The second-order valence-electron chi connectivity index (χ2n) is 3.97. The van der Waals surface area contributed by atoms with E-state index in [4.69, 9.17) is 0 Å². The number of nitrogens with one attached hydrogen (secondary N) is 1. The summed E-state index contributed by atoms with van der Waals surface area (Å²) >= 11 is 2.35. The lowest BCUT2D eigenvalue weighted by atomic mass is 10.1. The van der Waals surface area contributed by atoms with Crippen molar-refractivity contribution in [2.75, 3.05) is 11.0 Å². The van der Waals surface area contributed by atoms with Crippen molar-refractivity contribution in [1.29, 1.82) is 0 Å². The van der Waals surface area contributed by atoms with Crippen LogP contribution in [0.4, 0.5) is 4.39 Å². The minimum atomic E-state index is -0.274. The van der Waals surface area contributed by atoms with Gasteiger partial charge in [-0.05, 0) is 48.0 Å². The molecule has 1 amide bonds. The summed E-state index contributed by atoms with van der Waals surface area (Å²) in [6, 6.07) is 4.43. The topological polar surface area (TPSA) is 29.1 Å². The van der Waals surface area contributed by atoms with Gasteiger partial charge in [0, 0.05) is 12.1 Å². The molecule has 0 aliphatic heterocycles. The van der Waals surface area contributed by atoms with Gasteiger partial charge >= 0.3 is 0 Å². The second-order valence-corrected chi connectivity index (χ2v) is 5.05. The predicted molar refractivity (Wildman–Crippen MR) is 76.2 cm³/mol. The molecule has 1 aromatic carbocycles. The number of rotatable bonds is 6.